The van der Waals surface area contributed by atoms with Gasteiger partial charge < -0.3 is 15.6 Å². The number of rotatable bonds is 3. The zero-order chi connectivity index (χ0) is 15.7. The van der Waals surface area contributed by atoms with Crippen molar-refractivity contribution in [3.8, 4) is 0 Å². The highest BCUT2D eigenvalue weighted by molar-refractivity contribution is 5.98. The number of H-pyrrole nitrogens is 3. The standard InChI is InChI=1S/C13H16N6O3/c14-10(20)9-4-8(5-15-9)12(21)19-3-1-2-7(6-19)11-16-13(22)18-17-11/h4-5,7,15H,1-3,6H2,(H2,14,20)(H2,16,17,18,22). The van der Waals surface area contributed by atoms with Gasteiger partial charge >= 0.3 is 5.69 Å². The lowest BCUT2D eigenvalue weighted by atomic mass is 9.97. The minimum absolute atomic E-state index is 0.00815. The third-order valence-corrected chi connectivity index (χ3v) is 3.81. The van der Waals surface area contributed by atoms with Crippen molar-refractivity contribution in [3.63, 3.8) is 0 Å². The largest absolute Gasteiger partial charge is 0.364 e. The summed E-state index contributed by atoms with van der Waals surface area (Å²) in [5.74, 6) is -0.225. The van der Waals surface area contributed by atoms with Crippen LogP contribution in [0.1, 0.15) is 45.4 Å². The summed E-state index contributed by atoms with van der Waals surface area (Å²) in [6.07, 6.45) is 3.14. The predicted octanol–water partition coefficient (Wildman–Crippen LogP) is -0.455. The molecule has 3 rings (SSSR count). The highest BCUT2D eigenvalue weighted by atomic mass is 16.2. The maximum Gasteiger partial charge on any atom is 0.340 e. The van der Waals surface area contributed by atoms with Crippen molar-refractivity contribution in [1.29, 1.82) is 0 Å². The topological polar surface area (TPSA) is 141 Å². The van der Waals surface area contributed by atoms with Crippen LogP contribution in [-0.4, -0.2) is 50.0 Å². The second-order valence-corrected chi connectivity index (χ2v) is 5.32. The Kier molecular flexibility index (Phi) is 3.53. The smallest absolute Gasteiger partial charge is 0.340 e. The average Bonchev–Trinajstić information content (AvgIpc) is 3.15. The van der Waals surface area contributed by atoms with Crippen LogP contribution in [0.4, 0.5) is 0 Å². The number of amides is 2. The number of primary amides is 1. The summed E-state index contributed by atoms with van der Waals surface area (Å²) in [5.41, 5.74) is 5.41. The summed E-state index contributed by atoms with van der Waals surface area (Å²) < 4.78 is 0. The summed E-state index contributed by atoms with van der Waals surface area (Å²) in [6.45, 7) is 1.10. The number of carbonyl (C=O) groups excluding carboxylic acids is 2. The van der Waals surface area contributed by atoms with Crippen LogP contribution in [-0.2, 0) is 0 Å². The summed E-state index contributed by atoms with van der Waals surface area (Å²) in [4.78, 5) is 41.7. The van der Waals surface area contributed by atoms with Gasteiger partial charge in [0.25, 0.3) is 11.8 Å². The molecule has 0 radical (unpaired) electrons. The van der Waals surface area contributed by atoms with Gasteiger partial charge in [-0.2, -0.15) is 5.10 Å². The van der Waals surface area contributed by atoms with E-state index in [9.17, 15) is 14.4 Å². The molecule has 116 valence electrons. The van der Waals surface area contributed by atoms with E-state index in [0.29, 0.717) is 24.5 Å². The minimum Gasteiger partial charge on any atom is -0.364 e. The third-order valence-electron chi connectivity index (χ3n) is 3.81. The molecule has 1 aliphatic rings. The van der Waals surface area contributed by atoms with E-state index in [0.717, 1.165) is 12.8 Å². The minimum atomic E-state index is -0.607. The van der Waals surface area contributed by atoms with Gasteiger partial charge in [0.05, 0.1) is 5.56 Å². The second-order valence-electron chi connectivity index (χ2n) is 5.32. The molecule has 2 amide bonds. The molecule has 0 aliphatic carbocycles. The number of likely N-dealkylation sites (tertiary alicyclic amines) is 1. The Morgan fingerprint density at radius 2 is 2.23 bits per heavy atom. The molecule has 1 aliphatic heterocycles. The lowest BCUT2D eigenvalue weighted by molar-refractivity contribution is 0.0705. The molecule has 9 nitrogen and oxygen atoms in total. The van der Waals surface area contributed by atoms with Gasteiger partial charge in [-0.3, -0.25) is 14.6 Å². The Morgan fingerprint density at radius 3 is 2.86 bits per heavy atom. The summed E-state index contributed by atoms with van der Waals surface area (Å²) in [6, 6.07) is 1.45. The second kappa shape index (κ2) is 5.51. The molecule has 2 aromatic rings. The van der Waals surface area contributed by atoms with Gasteiger partial charge in [-0.15, -0.1) is 0 Å². The Labute approximate surface area is 124 Å². The Bertz CT molecular complexity index is 758. The first-order valence-corrected chi connectivity index (χ1v) is 6.96. The number of nitrogens with zero attached hydrogens (tertiary/aromatic N) is 2. The fraction of sp³-hybridized carbons (Fsp3) is 0.385. The van der Waals surface area contributed by atoms with Crippen molar-refractivity contribution in [2.45, 2.75) is 18.8 Å². The Balaban J connectivity index is 1.74. The van der Waals surface area contributed by atoms with Crippen LogP contribution in [0.3, 0.4) is 0 Å². The molecule has 9 heteroatoms. The van der Waals surface area contributed by atoms with Crippen LogP contribution in [0.2, 0.25) is 0 Å². The van der Waals surface area contributed by atoms with Crippen molar-refractivity contribution < 1.29 is 9.59 Å². The maximum absolute atomic E-state index is 12.5. The molecule has 5 N–H and O–H groups in total. The summed E-state index contributed by atoms with van der Waals surface area (Å²) >= 11 is 0. The van der Waals surface area contributed by atoms with Gasteiger partial charge in [0.2, 0.25) is 0 Å². The molecular formula is C13H16N6O3. The number of carbonyl (C=O) groups is 2. The zero-order valence-electron chi connectivity index (χ0n) is 11.8. The van der Waals surface area contributed by atoms with Gasteiger partial charge in [0, 0.05) is 25.2 Å². The Morgan fingerprint density at radius 1 is 1.41 bits per heavy atom. The number of nitrogens with two attached hydrogens (primary N) is 1. The van der Waals surface area contributed by atoms with E-state index in [-0.39, 0.29) is 23.2 Å². The van der Waals surface area contributed by atoms with E-state index in [1.54, 1.807) is 4.90 Å². The maximum atomic E-state index is 12.5. The molecule has 0 spiro atoms. The summed E-state index contributed by atoms with van der Waals surface area (Å²) in [5, 5.41) is 6.27. The first-order valence-electron chi connectivity index (χ1n) is 6.96. The molecule has 1 saturated heterocycles. The number of nitrogens with one attached hydrogen (secondary N) is 3. The van der Waals surface area contributed by atoms with Crippen molar-refractivity contribution in [1.82, 2.24) is 25.1 Å². The van der Waals surface area contributed by atoms with E-state index >= 15 is 0 Å². The Hall–Kier alpha value is -2.84. The third kappa shape index (κ3) is 2.65. The molecule has 0 saturated carbocycles. The van der Waals surface area contributed by atoms with Crippen molar-refractivity contribution in [2.24, 2.45) is 5.73 Å². The van der Waals surface area contributed by atoms with Crippen LogP contribution in [0.25, 0.3) is 0 Å². The molecule has 22 heavy (non-hydrogen) atoms. The lowest BCUT2D eigenvalue weighted by Crippen LogP contribution is -2.39. The normalized spacial score (nSPS) is 18.4. The number of aromatic nitrogens is 4. The molecule has 1 fully saturated rings. The van der Waals surface area contributed by atoms with Gasteiger partial charge in [-0.25, -0.2) is 9.89 Å². The molecule has 2 aromatic heterocycles. The van der Waals surface area contributed by atoms with Gasteiger partial charge in [-0.05, 0) is 18.9 Å². The predicted molar refractivity (Wildman–Crippen MR) is 76.4 cm³/mol. The van der Waals surface area contributed by atoms with E-state index in [4.69, 9.17) is 5.73 Å². The van der Waals surface area contributed by atoms with Gasteiger partial charge in [-0.1, -0.05) is 0 Å². The fourth-order valence-corrected chi connectivity index (χ4v) is 2.70. The van der Waals surface area contributed by atoms with Crippen LogP contribution < -0.4 is 11.4 Å². The number of aromatic amines is 3. The first kappa shape index (κ1) is 14.1. The van der Waals surface area contributed by atoms with Gasteiger partial charge in [0.15, 0.2) is 0 Å². The number of hydrogen-bond acceptors (Lipinski definition) is 4. The molecule has 1 atom stereocenters. The lowest BCUT2D eigenvalue weighted by Gasteiger charge is -2.31. The highest BCUT2D eigenvalue weighted by Gasteiger charge is 2.28. The molecular weight excluding hydrogens is 288 g/mol. The molecule has 0 bridgehead atoms. The molecule has 1 unspecified atom stereocenters. The van der Waals surface area contributed by atoms with E-state index in [2.05, 4.69) is 20.2 Å². The number of hydrogen-bond donors (Lipinski definition) is 4. The molecule has 3 heterocycles. The van der Waals surface area contributed by atoms with Crippen LogP contribution in [0, 0.1) is 0 Å². The van der Waals surface area contributed by atoms with E-state index in [1.165, 1.54) is 12.3 Å². The highest BCUT2D eigenvalue weighted by Crippen LogP contribution is 2.24. The van der Waals surface area contributed by atoms with E-state index < -0.39 is 5.91 Å². The quantitative estimate of drug-likeness (QED) is 0.609. The van der Waals surface area contributed by atoms with Crippen molar-refractivity contribution in [2.75, 3.05) is 13.1 Å². The van der Waals surface area contributed by atoms with E-state index in [1.807, 2.05) is 0 Å². The fourth-order valence-electron chi connectivity index (χ4n) is 2.70. The monoisotopic (exact) mass is 304 g/mol. The zero-order valence-corrected chi connectivity index (χ0v) is 11.8. The van der Waals surface area contributed by atoms with Crippen LogP contribution in [0.15, 0.2) is 17.1 Å². The van der Waals surface area contributed by atoms with Crippen LogP contribution in [0.5, 0.6) is 0 Å². The first-order chi connectivity index (χ1) is 10.5. The average molecular weight is 304 g/mol. The van der Waals surface area contributed by atoms with Gasteiger partial charge in [0.1, 0.15) is 11.5 Å². The van der Waals surface area contributed by atoms with Crippen molar-refractivity contribution in [3.05, 3.63) is 39.8 Å². The van der Waals surface area contributed by atoms with Crippen LogP contribution >= 0.6 is 0 Å². The molecule has 0 aromatic carbocycles. The van der Waals surface area contributed by atoms with Crippen molar-refractivity contribution >= 4 is 11.8 Å². The summed E-state index contributed by atoms with van der Waals surface area (Å²) in [7, 11) is 0. The SMILES string of the molecule is NC(=O)c1cc(C(=O)N2CCCC(c3n[nH]c(=O)[nH]3)C2)c[nH]1. The number of piperidine rings is 1.